The van der Waals surface area contributed by atoms with Crippen molar-refractivity contribution >= 4 is 27.2 Å². The average Bonchev–Trinajstić information content (AvgIpc) is 3.13. The third kappa shape index (κ3) is 5.11. The Bertz CT molecular complexity index is 1630. The topological polar surface area (TPSA) is 86.3 Å². The van der Waals surface area contributed by atoms with Crippen LogP contribution < -0.4 is 5.69 Å². The molecule has 0 N–H and O–H groups in total. The van der Waals surface area contributed by atoms with E-state index >= 15 is 0 Å². The lowest BCUT2D eigenvalue weighted by Crippen LogP contribution is -2.23. The minimum atomic E-state index is -4.63. The van der Waals surface area contributed by atoms with Crippen molar-refractivity contribution in [3.05, 3.63) is 70.9 Å². The molecule has 0 spiro atoms. The molecule has 4 aromatic rings. The van der Waals surface area contributed by atoms with E-state index < -0.39 is 61.0 Å². The minimum absolute atomic E-state index is 0.0348. The van der Waals surface area contributed by atoms with E-state index in [0.717, 1.165) is 53.2 Å². The number of aromatic nitrogens is 4. The Labute approximate surface area is 203 Å². The van der Waals surface area contributed by atoms with Gasteiger partial charge in [0.05, 0.1) is 11.3 Å². The summed E-state index contributed by atoms with van der Waals surface area (Å²) in [6, 6.07) is 7.51. The summed E-state index contributed by atoms with van der Waals surface area (Å²) >= 11 is -0.446. The van der Waals surface area contributed by atoms with Gasteiger partial charge in [-0.25, -0.2) is 22.6 Å². The Morgan fingerprint density at radius 3 is 2.36 bits per heavy atom. The second-order valence-corrected chi connectivity index (χ2v) is 10.7. The molecule has 0 amide bonds. The van der Waals surface area contributed by atoms with Crippen LogP contribution >= 0.6 is 11.8 Å². The highest BCUT2D eigenvalue weighted by molar-refractivity contribution is 8.00. The quantitative estimate of drug-likeness (QED) is 0.259. The van der Waals surface area contributed by atoms with Crippen LogP contribution in [0.25, 0.3) is 22.6 Å². The maximum Gasteiger partial charge on any atom is 0.446 e. The van der Waals surface area contributed by atoms with Crippen LogP contribution in [0.2, 0.25) is 0 Å². The highest BCUT2D eigenvalue weighted by atomic mass is 32.2. The Hall–Kier alpha value is -3.33. The summed E-state index contributed by atoms with van der Waals surface area (Å²) in [7, 11) is -4.08. The standard InChI is InChI=1S/C21H14F6N4O3S2/c1-2-36(33,34)16-9-13(12-4-3-5-14(8-12)20(22,23)24)10-28-18(16)31-19(32)30-11-15(35-21(25,26)27)6-7-17(30)29-31/h3-11H,2H2,1H3. The third-order valence-corrected chi connectivity index (χ3v) is 7.43. The van der Waals surface area contributed by atoms with Crippen LogP contribution in [0.15, 0.2) is 69.4 Å². The molecule has 0 atom stereocenters. The lowest BCUT2D eigenvalue weighted by molar-refractivity contribution is -0.137. The van der Waals surface area contributed by atoms with E-state index in [0.29, 0.717) is 4.68 Å². The van der Waals surface area contributed by atoms with Gasteiger partial charge in [-0.3, -0.25) is 0 Å². The van der Waals surface area contributed by atoms with Crippen LogP contribution in [0.5, 0.6) is 0 Å². The number of hydrogen-bond donors (Lipinski definition) is 0. The van der Waals surface area contributed by atoms with E-state index in [1.165, 1.54) is 13.0 Å². The predicted octanol–water partition coefficient (Wildman–Crippen LogP) is 4.97. The molecule has 4 rings (SSSR count). The number of fused-ring (bicyclic) bond motifs is 1. The zero-order valence-electron chi connectivity index (χ0n) is 18.0. The summed E-state index contributed by atoms with van der Waals surface area (Å²) in [5.41, 5.74) is -6.54. The molecule has 190 valence electrons. The van der Waals surface area contributed by atoms with Gasteiger partial charge in [-0.1, -0.05) is 19.1 Å². The van der Waals surface area contributed by atoms with Gasteiger partial charge in [-0.05, 0) is 47.7 Å². The van der Waals surface area contributed by atoms with Gasteiger partial charge in [0.1, 0.15) is 4.90 Å². The number of benzene rings is 1. The fourth-order valence-electron chi connectivity index (χ4n) is 3.30. The summed E-state index contributed by atoms with van der Waals surface area (Å²) in [5, 5.41) is 3.98. The molecule has 0 radical (unpaired) electrons. The fourth-order valence-corrected chi connectivity index (χ4v) is 4.90. The fraction of sp³-hybridized carbons (Fsp3) is 0.190. The van der Waals surface area contributed by atoms with E-state index in [4.69, 9.17) is 0 Å². The minimum Gasteiger partial charge on any atom is -0.249 e. The smallest absolute Gasteiger partial charge is 0.249 e. The molecule has 0 saturated carbocycles. The van der Waals surface area contributed by atoms with Crippen LogP contribution in [0.3, 0.4) is 0 Å². The molecular formula is C21H14F6N4O3S2. The zero-order valence-corrected chi connectivity index (χ0v) is 19.6. The maximum atomic E-state index is 13.1. The highest BCUT2D eigenvalue weighted by Gasteiger charge is 2.31. The molecule has 3 aromatic heterocycles. The van der Waals surface area contributed by atoms with Crippen molar-refractivity contribution in [3.8, 4) is 16.9 Å². The average molecular weight is 548 g/mol. The molecule has 0 aliphatic rings. The monoisotopic (exact) mass is 548 g/mol. The summed E-state index contributed by atoms with van der Waals surface area (Å²) in [4.78, 5) is 16.2. The zero-order chi connectivity index (χ0) is 26.5. The highest BCUT2D eigenvalue weighted by Crippen LogP contribution is 2.37. The molecule has 0 aliphatic heterocycles. The van der Waals surface area contributed by atoms with Gasteiger partial charge in [-0.2, -0.15) is 31.0 Å². The second-order valence-electron chi connectivity index (χ2n) is 7.36. The van der Waals surface area contributed by atoms with Crippen molar-refractivity contribution < 1.29 is 34.8 Å². The number of rotatable bonds is 5. The van der Waals surface area contributed by atoms with Gasteiger partial charge in [-0.15, -0.1) is 5.10 Å². The normalized spacial score (nSPS) is 12.9. The lowest BCUT2D eigenvalue weighted by atomic mass is 10.0. The van der Waals surface area contributed by atoms with Gasteiger partial charge < -0.3 is 0 Å². The Kier molecular flexibility index (Phi) is 6.41. The SMILES string of the molecule is CCS(=O)(=O)c1cc(-c2cccc(C(F)(F)F)c2)cnc1-n1nc2ccc(SC(F)(F)F)cn2c1=O. The van der Waals surface area contributed by atoms with Crippen LogP contribution in [-0.4, -0.2) is 38.8 Å². The van der Waals surface area contributed by atoms with Gasteiger partial charge in [0.15, 0.2) is 21.3 Å². The first-order chi connectivity index (χ1) is 16.7. The van der Waals surface area contributed by atoms with Crippen molar-refractivity contribution in [3.63, 3.8) is 0 Å². The van der Waals surface area contributed by atoms with Gasteiger partial charge >= 0.3 is 17.4 Å². The van der Waals surface area contributed by atoms with E-state index in [1.807, 2.05) is 0 Å². The Balaban J connectivity index is 1.89. The van der Waals surface area contributed by atoms with E-state index in [2.05, 4.69) is 10.1 Å². The number of nitrogens with zero attached hydrogens (tertiary/aromatic N) is 4. The molecule has 0 aliphatic carbocycles. The number of alkyl halides is 6. The lowest BCUT2D eigenvalue weighted by Gasteiger charge is -2.12. The van der Waals surface area contributed by atoms with E-state index in [1.54, 1.807) is 0 Å². The molecule has 36 heavy (non-hydrogen) atoms. The molecule has 0 saturated heterocycles. The summed E-state index contributed by atoms with van der Waals surface area (Å²) < 4.78 is 105. The molecule has 7 nitrogen and oxygen atoms in total. The largest absolute Gasteiger partial charge is 0.446 e. The Morgan fingerprint density at radius 1 is 1.00 bits per heavy atom. The number of halogens is 6. The molecule has 0 unspecified atom stereocenters. The maximum absolute atomic E-state index is 13.1. The molecule has 0 fully saturated rings. The predicted molar refractivity (Wildman–Crippen MR) is 119 cm³/mol. The first kappa shape index (κ1) is 25.8. The second kappa shape index (κ2) is 8.96. The number of sulfone groups is 1. The first-order valence-electron chi connectivity index (χ1n) is 9.97. The van der Waals surface area contributed by atoms with Gasteiger partial charge in [0.2, 0.25) is 0 Å². The molecule has 15 heteroatoms. The van der Waals surface area contributed by atoms with E-state index in [-0.39, 0.29) is 21.7 Å². The van der Waals surface area contributed by atoms with Crippen LogP contribution in [0.4, 0.5) is 26.3 Å². The van der Waals surface area contributed by atoms with Crippen molar-refractivity contribution in [2.45, 2.75) is 28.4 Å². The van der Waals surface area contributed by atoms with Crippen LogP contribution in [0.1, 0.15) is 12.5 Å². The van der Waals surface area contributed by atoms with Gasteiger partial charge in [0.25, 0.3) is 0 Å². The summed E-state index contributed by atoms with van der Waals surface area (Å²) in [6.45, 7) is 1.32. The molecular weight excluding hydrogens is 534 g/mol. The van der Waals surface area contributed by atoms with Gasteiger partial charge in [0, 0.05) is 22.9 Å². The summed E-state index contributed by atoms with van der Waals surface area (Å²) in [5.74, 6) is -0.867. The van der Waals surface area contributed by atoms with Crippen LogP contribution in [0, 0.1) is 0 Å². The number of hydrogen-bond acceptors (Lipinski definition) is 6. The molecule has 0 bridgehead atoms. The first-order valence-corrected chi connectivity index (χ1v) is 12.4. The molecule has 1 aromatic carbocycles. The van der Waals surface area contributed by atoms with E-state index in [9.17, 15) is 39.6 Å². The van der Waals surface area contributed by atoms with Crippen molar-refractivity contribution in [1.29, 1.82) is 0 Å². The third-order valence-electron chi connectivity index (χ3n) is 4.99. The number of pyridine rings is 2. The van der Waals surface area contributed by atoms with Crippen molar-refractivity contribution in [1.82, 2.24) is 19.2 Å². The Morgan fingerprint density at radius 2 is 1.72 bits per heavy atom. The van der Waals surface area contributed by atoms with Crippen LogP contribution in [-0.2, 0) is 16.0 Å². The van der Waals surface area contributed by atoms with Crippen molar-refractivity contribution in [2.75, 3.05) is 5.75 Å². The summed E-state index contributed by atoms with van der Waals surface area (Å²) in [6.07, 6.45) is -2.64. The van der Waals surface area contributed by atoms with Crippen molar-refractivity contribution in [2.24, 2.45) is 0 Å². The molecule has 3 heterocycles. The number of thioether (sulfide) groups is 1.